The Labute approximate surface area is 287 Å². The Morgan fingerprint density at radius 3 is 1.49 bits per heavy atom. The molecule has 9 heteroatoms. The normalized spacial score (nSPS) is 12.9. The molecule has 0 bridgehead atoms. The largest absolute Gasteiger partial charge is 0.469 e. The van der Waals surface area contributed by atoms with E-state index in [0.29, 0.717) is 12.8 Å². The summed E-state index contributed by atoms with van der Waals surface area (Å²) in [5.74, 6) is -0.905. The van der Waals surface area contributed by atoms with E-state index in [2.05, 4.69) is 54.8 Å². The number of allylic oxidation sites excluding steroid dienone is 6. The zero-order valence-electron chi connectivity index (χ0n) is 29.9. The Kier molecular flexibility index (Phi) is 32.9. The summed E-state index contributed by atoms with van der Waals surface area (Å²) in [6.07, 6.45) is 38.6. The highest BCUT2D eigenvalue weighted by Crippen LogP contribution is 2.36. The van der Waals surface area contributed by atoms with Gasteiger partial charge in [-0.15, -0.1) is 0 Å². The van der Waals surface area contributed by atoms with Crippen LogP contribution in [0.1, 0.15) is 174 Å². The van der Waals surface area contributed by atoms with Crippen LogP contribution in [-0.2, 0) is 28.2 Å². The van der Waals surface area contributed by atoms with E-state index in [1.807, 2.05) is 0 Å². The van der Waals surface area contributed by atoms with E-state index in [-0.39, 0.29) is 19.4 Å². The van der Waals surface area contributed by atoms with Gasteiger partial charge in [-0.05, 0) is 64.2 Å². The fourth-order valence-electron chi connectivity index (χ4n) is 5.03. The van der Waals surface area contributed by atoms with E-state index in [4.69, 9.17) is 19.3 Å². The molecule has 0 unspecified atom stereocenters. The SMILES string of the molecule is CCCC/C=C/C/C=C/CCCCCCCC(=O)OC[C@H](COP(=O)(O)O)OC(=O)CCCCCCCCCC/C=C/CCCCC. The van der Waals surface area contributed by atoms with Crippen molar-refractivity contribution in [3.05, 3.63) is 36.5 Å². The van der Waals surface area contributed by atoms with Gasteiger partial charge in [0, 0.05) is 12.8 Å². The van der Waals surface area contributed by atoms with Crippen molar-refractivity contribution in [2.24, 2.45) is 0 Å². The molecule has 2 N–H and O–H groups in total. The predicted molar refractivity (Wildman–Crippen MR) is 193 cm³/mol. The fraction of sp³-hybridized carbons (Fsp3) is 0.789. The van der Waals surface area contributed by atoms with E-state index in [1.54, 1.807) is 0 Å². The number of carbonyl (C=O) groups is 2. The number of esters is 2. The van der Waals surface area contributed by atoms with Crippen LogP contribution < -0.4 is 0 Å². The summed E-state index contributed by atoms with van der Waals surface area (Å²) in [7, 11) is -4.75. The first-order valence-electron chi connectivity index (χ1n) is 18.8. The van der Waals surface area contributed by atoms with Gasteiger partial charge in [0.25, 0.3) is 0 Å². The molecule has 0 saturated heterocycles. The van der Waals surface area contributed by atoms with E-state index in [9.17, 15) is 14.2 Å². The maximum absolute atomic E-state index is 12.4. The molecule has 0 aromatic carbocycles. The first kappa shape index (κ1) is 45.3. The third-order valence-electron chi connectivity index (χ3n) is 7.88. The lowest BCUT2D eigenvalue weighted by atomic mass is 10.1. The van der Waals surface area contributed by atoms with Gasteiger partial charge < -0.3 is 19.3 Å². The van der Waals surface area contributed by atoms with E-state index in [0.717, 1.165) is 64.2 Å². The van der Waals surface area contributed by atoms with Gasteiger partial charge in [-0.25, -0.2) is 4.57 Å². The molecule has 0 spiro atoms. The van der Waals surface area contributed by atoms with Crippen LogP contribution in [0, 0.1) is 0 Å². The molecule has 0 aromatic rings. The van der Waals surface area contributed by atoms with Crippen LogP contribution >= 0.6 is 7.82 Å². The highest BCUT2D eigenvalue weighted by atomic mass is 31.2. The van der Waals surface area contributed by atoms with Crippen LogP contribution in [0.25, 0.3) is 0 Å². The Hall–Kier alpha value is -1.73. The number of ether oxygens (including phenoxy) is 2. The monoisotopic (exact) mass is 684 g/mol. The second kappa shape index (κ2) is 34.1. The molecule has 0 aromatic heterocycles. The maximum atomic E-state index is 12.4. The maximum Gasteiger partial charge on any atom is 0.469 e. The van der Waals surface area contributed by atoms with Crippen LogP contribution in [0.15, 0.2) is 36.5 Å². The van der Waals surface area contributed by atoms with Crippen LogP contribution in [0.4, 0.5) is 0 Å². The molecule has 0 fully saturated rings. The molecule has 0 aliphatic carbocycles. The van der Waals surface area contributed by atoms with Crippen molar-refractivity contribution in [1.29, 1.82) is 0 Å². The predicted octanol–water partition coefficient (Wildman–Crippen LogP) is 11.0. The molecule has 0 radical (unpaired) electrons. The van der Waals surface area contributed by atoms with Crippen molar-refractivity contribution < 1.29 is 37.9 Å². The Balaban J connectivity index is 3.99. The van der Waals surface area contributed by atoms with Gasteiger partial charge >= 0.3 is 19.8 Å². The van der Waals surface area contributed by atoms with Crippen LogP contribution in [0.3, 0.4) is 0 Å². The smallest absolute Gasteiger partial charge is 0.462 e. The van der Waals surface area contributed by atoms with Crippen LogP contribution in [0.2, 0.25) is 0 Å². The number of hydrogen-bond donors (Lipinski definition) is 2. The number of rotatable bonds is 34. The average molecular weight is 685 g/mol. The van der Waals surface area contributed by atoms with Crippen molar-refractivity contribution in [2.75, 3.05) is 13.2 Å². The van der Waals surface area contributed by atoms with Crippen LogP contribution in [-0.4, -0.2) is 41.0 Å². The Bertz CT molecular complexity index is 864. The van der Waals surface area contributed by atoms with Gasteiger partial charge in [0.05, 0.1) is 6.61 Å². The van der Waals surface area contributed by atoms with Crippen molar-refractivity contribution in [1.82, 2.24) is 0 Å². The minimum atomic E-state index is -4.75. The Morgan fingerprint density at radius 2 is 0.979 bits per heavy atom. The molecule has 0 aliphatic heterocycles. The lowest BCUT2D eigenvalue weighted by Gasteiger charge is -2.18. The standard InChI is InChI=1S/C38H69O8P/c1-3-5-7-9-11-13-15-17-19-21-23-25-27-29-31-33-38(40)46-36(35-45-47(41,42)43)34-44-37(39)32-30-28-26-24-22-20-18-16-14-12-10-8-6-4-2/h10-13,16,18,36H,3-9,14-15,17,19-35H2,1-2H3,(H2,41,42,43)/b12-10+,13-11+,18-16+/t36-/m1/s1. The molecule has 1 atom stereocenters. The lowest BCUT2D eigenvalue weighted by molar-refractivity contribution is -0.161. The molecule has 0 rings (SSSR count). The van der Waals surface area contributed by atoms with Gasteiger partial charge in [-0.3, -0.25) is 14.1 Å². The van der Waals surface area contributed by atoms with Gasteiger partial charge in [-0.2, -0.15) is 0 Å². The third kappa shape index (κ3) is 36.9. The number of unbranched alkanes of at least 4 members (excludes halogenated alkanes) is 18. The van der Waals surface area contributed by atoms with Crippen molar-refractivity contribution in [3.8, 4) is 0 Å². The molecular weight excluding hydrogens is 615 g/mol. The molecule has 0 heterocycles. The number of hydrogen-bond acceptors (Lipinski definition) is 6. The molecule has 0 aliphatic rings. The van der Waals surface area contributed by atoms with Crippen molar-refractivity contribution in [3.63, 3.8) is 0 Å². The summed E-state index contributed by atoms with van der Waals surface area (Å²) < 4.78 is 26.3. The second-order valence-electron chi connectivity index (χ2n) is 12.5. The molecule has 8 nitrogen and oxygen atoms in total. The first-order valence-corrected chi connectivity index (χ1v) is 20.3. The highest BCUT2D eigenvalue weighted by molar-refractivity contribution is 7.46. The van der Waals surface area contributed by atoms with Gasteiger partial charge in [-0.1, -0.05) is 134 Å². The van der Waals surface area contributed by atoms with Crippen molar-refractivity contribution in [2.45, 2.75) is 180 Å². The topological polar surface area (TPSA) is 119 Å². The van der Waals surface area contributed by atoms with E-state index < -0.39 is 32.5 Å². The van der Waals surface area contributed by atoms with Gasteiger partial charge in [0.1, 0.15) is 6.61 Å². The third-order valence-corrected chi connectivity index (χ3v) is 8.37. The summed E-state index contributed by atoms with van der Waals surface area (Å²) in [6, 6.07) is 0. The molecular formula is C38H69O8P. The van der Waals surface area contributed by atoms with Crippen LogP contribution in [0.5, 0.6) is 0 Å². The highest BCUT2D eigenvalue weighted by Gasteiger charge is 2.22. The summed E-state index contributed by atoms with van der Waals surface area (Å²) >= 11 is 0. The summed E-state index contributed by atoms with van der Waals surface area (Å²) in [5, 5.41) is 0. The lowest BCUT2D eigenvalue weighted by Crippen LogP contribution is -2.29. The Morgan fingerprint density at radius 1 is 0.553 bits per heavy atom. The minimum Gasteiger partial charge on any atom is -0.462 e. The quantitative estimate of drug-likeness (QED) is 0.0297. The number of carbonyl (C=O) groups excluding carboxylic acids is 2. The van der Waals surface area contributed by atoms with Gasteiger partial charge in [0.15, 0.2) is 6.10 Å². The zero-order chi connectivity index (χ0) is 34.7. The molecule has 47 heavy (non-hydrogen) atoms. The fourth-order valence-corrected chi connectivity index (χ4v) is 5.39. The van der Waals surface area contributed by atoms with E-state index >= 15 is 0 Å². The van der Waals surface area contributed by atoms with E-state index in [1.165, 1.54) is 70.6 Å². The molecule has 0 saturated carbocycles. The van der Waals surface area contributed by atoms with Crippen molar-refractivity contribution >= 4 is 19.8 Å². The molecule has 274 valence electrons. The number of phosphoric ester groups is 1. The van der Waals surface area contributed by atoms with Gasteiger partial charge in [0.2, 0.25) is 0 Å². The molecule has 0 amide bonds. The summed E-state index contributed by atoms with van der Waals surface area (Å²) in [5.41, 5.74) is 0. The minimum absolute atomic E-state index is 0.205. The second-order valence-corrected chi connectivity index (χ2v) is 13.8. The first-order chi connectivity index (χ1) is 22.8. The average Bonchev–Trinajstić information content (AvgIpc) is 3.03. The zero-order valence-corrected chi connectivity index (χ0v) is 30.8. The summed E-state index contributed by atoms with van der Waals surface area (Å²) in [6.45, 7) is 3.60. The number of phosphoric acid groups is 1. The summed E-state index contributed by atoms with van der Waals surface area (Å²) in [4.78, 5) is 42.7.